The number of methoxy groups -OCH3 is 1. The summed E-state index contributed by atoms with van der Waals surface area (Å²) >= 11 is 6.27. The van der Waals surface area contributed by atoms with Gasteiger partial charge in [0.05, 0.1) is 32.0 Å². The van der Waals surface area contributed by atoms with E-state index in [9.17, 15) is 4.79 Å². The number of rotatable bonds is 7. The number of morpholine rings is 1. The van der Waals surface area contributed by atoms with E-state index in [4.69, 9.17) is 25.8 Å². The van der Waals surface area contributed by atoms with E-state index in [0.29, 0.717) is 28.7 Å². The van der Waals surface area contributed by atoms with Crippen molar-refractivity contribution in [2.75, 3.05) is 45.3 Å². The first-order valence-electron chi connectivity index (χ1n) is 9.31. The van der Waals surface area contributed by atoms with E-state index in [1.807, 2.05) is 25.1 Å². The lowest BCUT2D eigenvalue weighted by molar-refractivity contribution is 0.0342. The third-order valence-electron chi connectivity index (χ3n) is 4.48. The summed E-state index contributed by atoms with van der Waals surface area (Å²) in [5, 5.41) is 3.27. The molecule has 1 aliphatic rings. The van der Waals surface area contributed by atoms with Crippen LogP contribution in [-0.4, -0.2) is 50.8 Å². The molecule has 3 rings (SSSR count). The van der Waals surface area contributed by atoms with Crippen LogP contribution in [-0.2, 0) is 11.3 Å². The van der Waals surface area contributed by atoms with Crippen LogP contribution in [0.2, 0.25) is 5.02 Å². The fourth-order valence-corrected chi connectivity index (χ4v) is 3.37. The van der Waals surface area contributed by atoms with Gasteiger partial charge in [-0.25, -0.2) is 0 Å². The minimum absolute atomic E-state index is 0.258. The van der Waals surface area contributed by atoms with Crippen molar-refractivity contribution in [3.05, 3.63) is 52.5 Å². The van der Waals surface area contributed by atoms with E-state index in [1.54, 1.807) is 12.1 Å². The second-order valence-electron chi connectivity index (χ2n) is 6.47. The molecule has 6 nitrogen and oxygen atoms in total. The molecular formula is C21H25ClN2O4. The molecule has 0 bridgehead atoms. The highest BCUT2D eigenvalue weighted by Gasteiger charge is 2.16. The molecule has 1 fully saturated rings. The number of halogens is 1. The van der Waals surface area contributed by atoms with Gasteiger partial charge in [-0.05, 0) is 36.8 Å². The van der Waals surface area contributed by atoms with Gasteiger partial charge >= 0.3 is 0 Å². The van der Waals surface area contributed by atoms with Crippen molar-refractivity contribution in [3.63, 3.8) is 0 Å². The van der Waals surface area contributed by atoms with E-state index < -0.39 is 0 Å². The Labute approximate surface area is 170 Å². The van der Waals surface area contributed by atoms with E-state index in [-0.39, 0.29) is 5.91 Å². The normalized spacial score (nSPS) is 14.5. The minimum Gasteiger partial charge on any atom is -0.493 e. The number of hydrogen-bond donors (Lipinski definition) is 1. The quantitative estimate of drug-likeness (QED) is 0.759. The van der Waals surface area contributed by atoms with Crippen LogP contribution < -0.4 is 14.8 Å². The van der Waals surface area contributed by atoms with Gasteiger partial charge in [-0.15, -0.1) is 0 Å². The molecule has 1 heterocycles. The van der Waals surface area contributed by atoms with Crippen LogP contribution in [0, 0.1) is 0 Å². The molecule has 2 aromatic rings. The standard InChI is InChI=1S/C21H25ClN2O4/c1-3-28-20-18(22)12-16(13-19(20)26-2)21(25)23-17-6-4-5-15(11-17)14-24-7-9-27-10-8-24/h4-6,11-13H,3,7-10,14H2,1-2H3,(H,23,25). The van der Waals surface area contributed by atoms with Gasteiger partial charge in [0, 0.05) is 30.9 Å². The molecule has 1 N–H and O–H groups in total. The molecule has 1 amide bonds. The van der Waals surface area contributed by atoms with Gasteiger partial charge in [0.2, 0.25) is 0 Å². The average molecular weight is 405 g/mol. The van der Waals surface area contributed by atoms with Gasteiger partial charge in [-0.2, -0.15) is 0 Å². The Morgan fingerprint density at radius 3 is 2.75 bits per heavy atom. The lowest BCUT2D eigenvalue weighted by atomic mass is 10.1. The van der Waals surface area contributed by atoms with E-state index in [0.717, 1.165) is 44.1 Å². The van der Waals surface area contributed by atoms with Crippen molar-refractivity contribution in [1.29, 1.82) is 0 Å². The van der Waals surface area contributed by atoms with Crippen molar-refractivity contribution in [1.82, 2.24) is 4.90 Å². The largest absolute Gasteiger partial charge is 0.493 e. The van der Waals surface area contributed by atoms with E-state index in [2.05, 4.69) is 16.3 Å². The first kappa shape index (κ1) is 20.5. The van der Waals surface area contributed by atoms with Crippen molar-refractivity contribution >= 4 is 23.2 Å². The van der Waals surface area contributed by atoms with Gasteiger partial charge in [-0.3, -0.25) is 9.69 Å². The molecule has 2 aromatic carbocycles. The Morgan fingerprint density at radius 2 is 2.04 bits per heavy atom. The predicted molar refractivity (Wildman–Crippen MR) is 110 cm³/mol. The van der Waals surface area contributed by atoms with Crippen LogP contribution in [0.5, 0.6) is 11.5 Å². The smallest absolute Gasteiger partial charge is 0.255 e. The van der Waals surface area contributed by atoms with Crippen LogP contribution in [0.15, 0.2) is 36.4 Å². The van der Waals surface area contributed by atoms with Crippen LogP contribution in [0.3, 0.4) is 0 Å². The number of anilines is 1. The highest BCUT2D eigenvalue weighted by Crippen LogP contribution is 2.36. The predicted octanol–water partition coefficient (Wildman–Crippen LogP) is 3.83. The molecule has 0 spiro atoms. The number of benzene rings is 2. The fraction of sp³-hybridized carbons (Fsp3) is 0.381. The third-order valence-corrected chi connectivity index (χ3v) is 4.76. The topological polar surface area (TPSA) is 60.0 Å². The van der Waals surface area contributed by atoms with Gasteiger partial charge < -0.3 is 19.5 Å². The lowest BCUT2D eigenvalue weighted by Gasteiger charge is -2.26. The molecule has 0 atom stereocenters. The summed E-state index contributed by atoms with van der Waals surface area (Å²) in [6, 6.07) is 11.1. The van der Waals surface area contributed by atoms with E-state index in [1.165, 1.54) is 7.11 Å². The fourth-order valence-electron chi connectivity index (χ4n) is 3.10. The SMILES string of the molecule is CCOc1c(Cl)cc(C(=O)Nc2cccc(CN3CCOCC3)c2)cc1OC. The Balaban J connectivity index is 1.72. The van der Waals surface area contributed by atoms with E-state index >= 15 is 0 Å². The van der Waals surface area contributed by atoms with Crippen LogP contribution in [0.25, 0.3) is 0 Å². The number of carbonyl (C=O) groups is 1. The summed E-state index contributed by atoms with van der Waals surface area (Å²) in [5.41, 5.74) is 2.28. The zero-order chi connectivity index (χ0) is 19.9. The Morgan fingerprint density at radius 1 is 1.25 bits per heavy atom. The zero-order valence-electron chi connectivity index (χ0n) is 16.2. The van der Waals surface area contributed by atoms with Crippen LogP contribution >= 0.6 is 11.6 Å². The Hall–Kier alpha value is -2.28. The highest BCUT2D eigenvalue weighted by atomic mass is 35.5. The maximum absolute atomic E-state index is 12.7. The first-order chi connectivity index (χ1) is 13.6. The number of nitrogens with zero attached hydrogens (tertiary/aromatic N) is 1. The molecule has 0 saturated carbocycles. The van der Waals surface area contributed by atoms with Crippen molar-refractivity contribution in [3.8, 4) is 11.5 Å². The summed E-state index contributed by atoms with van der Waals surface area (Å²) < 4.78 is 16.2. The zero-order valence-corrected chi connectivity index (χ0v) is 16.9. The number of amides is 1. The molecule has 28 heavy (non-hydrogen) atoms. The van der Waals surface area contributed by atoms with Gasteiger partial charge in [-0.1, -0.05) is 23.7 Å². The summed E-state index contributed by atoms with van der Waals surface area (Å²) in [6.07, 6.45) is 0. The monoisotopic (exact) mass is 404 g/mol. The van der Waals surface area contributed by atoms with Gasteiger partial charge in [0.1, 0.15) is 0 Å². The molecule has 0 unspecified atom stereocenters. The summed E-state index contributed by atoms with van der Waals surface area (Å²) in [4.78, 5) is 15.0. The highest BCUT2D eigenvalue weighted by molar-refractivity contribution is 6.32. The van der Waals surface area contributed by atoms with Crippen molar-refractivity contribution in [2.45, 2.75) is 13.5 Å². The van der Waals surface area contributed by atoms with Gasteiger partial charge in [0.15, 0.2) is 11.5 Å². The van der Waals surface area contributed by atoms with Gasteiger partial charge in [0.25, 0.3) is 5.91 Å². The summed E-state index contributed by atoms with van der Waals surface area (Å²) in [5.74, 6) is 0.614. The Kier molecular flexibility index (Phi) is 7.14. The molecule has 1 saturated heterocycles. The molecule has 1 aliphatic heterocycles. The number of ether oxygens (including phenoxy) is 3. The van der Waals surface area contributed by atoms with Crippen LogP contribution in [0.4, 0.5) is 5.69 Å². The minimum atomic E-state index is -0.258. The number of hydrogen-bond acceptors (Lipinski definition) is 5. The molecule has 0 aliphatic carbocycles. The molecule has 7 heteroatoms. The second kappa shape index (κ2) is 9.78. The van der Waals surface area contributed by atoms with Crippen molar-refractivity contribution < 1.29 is 19.0 Å². The van der Waals surface area contributed by atoms with Crippen LogP contribution in [0.1, 0.15) is 22.8 Å². The molecule has 0 aromatic heterocycles. The maximum atomic E-state index is 12.7. The number of carbonyl (C=O) groups excluding carboxylic acids is 1. The average Bonchev–Trinajstić information content (AvgIpc) is 2.70. The first-order valence-corrected chi connectivity index (χ1v) is 9.69. The second-order valence-corrected chi connectivity index (χ2v) is 6.87. The molecule has 150 valence electrons. The molecular weight excluding hydrogens is 380 g/mol. The summed E-state index contributed by atoms with van der Waals surface area (Å²) in [7, 11) is 1.52. The Bertz CT molecular complexity index is 822. The lowest BCUT2D eigenvalue weighted by Crippen LogP contribution is -2.35. The molecule has 0 radical (unpaired) electrons. The third kappa shape index (κ3) is 5.16. The van der Waals surface area contributed by atoms with Crippen molar-refractivity contribution in [2.24, 2.45) is 0 Å². The number of nitrogens with one attached hydrogen (secondary N) is 1. The maximum Gasteiger partial charge on any atom is 0.255 e. The summed E-state index contributed by atoms with van der Waals surface area (Å²) in [6.45, 7) is 6.50.